The number of carbonyl (C=O) groups excluding carboxylic acids is 1. The minimum absolute atomic E-state index is 0.0487. The van der Waals surface area contributed by atoms with Gasteiger partial charge in [-0.1, -0.05) is 48.5 Å². The molecule has 1 fully saturated rings. The summed E-state index contributed by atoms with van der Waals surface area (Å²) in [5, 5.41) is 4.33. The first kappa shape index (κ1) is 19.3. The molecule has 0 N–H and O–H groups in total. The Bertz CT molecular complexity index is 929. The van der Waals surface area contributed by atoms with Gasteiger partial charge in [-0.2, -0.15) is 5.10 Å². The van der Waals surface area contributed by atoms with Gasteiger partial charge in [0.05, 0.1) is 0 Å². The van der Waals surface area contributed by atoms with Gasteiger partial charge in [-0.25, -0.2) is 4.39 Å². The second-order valence-corrected chi connectivity index (χ2v) is 7.35. The van der Waals surface area contributed by atoms with E-state index in [1.165, 1.54) is 6.07 Å². The number of carbonyl (C=O) groups is 1. The Balaban J connectivity index is 1.47. The van der Waals surface area contributed by atoms with Gasteiger partial charge in [0.2, 0.25) is 0 Å². The van der Waals surface area contributed by atoms with E-state index < -0.39 is 6.04 Å². The molecule has 4 rings (SSSR count). The maximum atomic E-state index is 14.0. The number of hydrogen-bond acceptors (Lipinski definition) is 3. The molecule has 6 heteroatoms. The molecule has 29 heavy (non-hydrogen) atoms. The predicted octanol–water partition coefficient (Wildman–Crippen LogP) is 3.35. The van der Waals surface area contributed by atoms with Gasteiger partial charge in [0.1, 0.15) is 5.82 Å². The minimum atomic E-state index is -0.468. The summed E-state index contributed by atoms with van der Waals surface area (Å²) in [4.78, 5) is 17.6. The van der Waals surface area contributed by atoms with E-state index in [0.29, 0.717) is 25.2 Å². The third kappa shape index (κ3) is 4.54. The van der Waals surface area contributed by atoms with E-state index in [1.54, 1.807) is 16.9 Å². The maximum absolute atomic E-state index is 14.0. The van der Waals surface area contributed by atoms with Crippen molar-refractivity contribution in [2.45, 2.75) is 19.0 Å². The summed E-state index contributed by atoms with van der Waals surface area (Å²) in [6.07, 6.45) is 4.39. The molecule has 0 radical (unpaired) electrons. The molecule has 0 bridgehead atoms. The van der Waals surface area contributed by atoms with Crippen molar-refractivity contribution >= 4 is 5.91 Å². The number of aromatic nitrogens is 2. The van der Waals surface area contributed by atoms with Crippen molar-refractivity contribution in [2.75, 3.05) is 26.2 Å². The van der Waals surface area contributed by atoms with Crippen molar-refractivity contribution in [3.8, 4) is 0 Å². The van der Waals surface area contributed by atoms with E-state index in [0.717, 1.165) is 25.1 Å². The third-order valence-electron chi connectivity index (χ3n) is 5.39. The molecular weight excluding hydrogens is 367 g/mol. The van der Waals surface area contributed by atoms with Crippen LogP contribution < -0.4 is 0 Å². The summed E-state index contributed by atoms with van der Waals surface area (Å²) < 4.78 is 15.7. The highest BCUT2D eigenvalue weighted by atomic mass is 19.1. The van der Waals surface area contributed by atoms with Gasteiger partial charge in [-0.05, 0) is 24.1 Å². The smallest absolute Gasteiger partial charge is 0.252 e. The average molecular weight is 392 g/mol. The van der Waals surface area contributed by atoms with Crippen LogP contribution in [0.4, 0.5) is 4.39 Å². The fourth-order valence-corrected chi connectivity index (χ4v) is 3.87. The fourth-order valence-electron chi connectivity index (χ4n) is 3.87. The second-order valence-electron chi connectivity index (χ2n) is 7.35. The third-order valence-corrected chi connectivity index (χ3v) is 5.39. The highest BCUT2D eigenvalue weighted by Gasteiger charge is 2.29. The number of nitrogens with zero attached hydrogens (tertiary/aromatic N) is 4. The summed E-state index contributed by atoms with van der Waals surface area (Å²) in [7, 11) is 0. The summed E-state index contributed by atoms with van der Waals surface area (Å²) in [6.45, 7) is 3.45. The zero-order chi connectivity index (χ0) is 20.1. The fraction of sp³-hybridized carbons (Fsp3) is 0.304. The molecule has 5 nitrogen and oxygen atoms in total. The molecule has 1 atom stereocenters. The van der Waals surface area contributed by atoms with Crippen LogP contribution in [0.25, 0.3) is 0 Å². The Labute approximate surface area is 170 Å². The summed E-state index contributed by atoms with van der Waals surface area (Å²) in [5.74, 6) is -0.125. The first-order chi connectivity index (χ1) is 14.2. The van der Waals surface area contributed by atoms with Gasteiger partial charge >= 0.3 is 0 Å². The number of rotatable bonds is 5. The SMILES string of the molecule is O=C(C(c1ccccc1)n1cccn1)N1CCCN(Cc2ccccc2F)CC1. The van der Waals surface area contributed by atoms with Crippen LogP contribution >= 0.6 is 0 Å². The lowest BCUT2D eigenvalue weighted by Crippen LogP contribution is -2.40. The molecule has 0 spiro atoms. The lowest BCUT2D eigenvalue weighted by Gasteiger charge is -2.27. The summed E-state index contributed by atoms with van der Waals surface area (Å²) >= 11 is 0. The first-order valence-corrected chi connectivity index (χ1v) is 10.0. The van der Waals surface area contributed by atoms with E-state index in [1.807, 2.05) is 59.6 Å². The standard InChI is InChI=1S/C23H25FN4O/c24-21-11-5-4-10-20(21)18-26-13-7-14-27(17-16-26)23(29)22(28-15-6-12-25-28)19-8-2-1-3-9-19/h1-6,8-12,15,22H,7,13-14,16-18H2. The molecular formula is C23H25FN4O. The van der Waals surface area contributed by atoms with E-state index in [4.69, 9.17) is 0 Å². The summed E-state index contributed by atoms with van der Waals surface area (Å²) in [6, 6.07) is 18.0. The normalized spacial score (nSPS) is 16.4. The Hall–Kier alpha value is -2.99. The lowest BCUT2D eigenvalue weighted by atomic mass is 10.1. The molecule has 1 saturated heterocycles. The van der Waals surface area contributed by atoms with Crippen LogP contribution in [0.3, 0.4) is 0 Å². The van der Waals surface area contributed by atoms with Gasteiger partial charge in [0, 0.05) is 50.7 Å². The maximum Gasteiger partial charge on any atom is 0.252 e. The van der Waals surface area contributed by atoms with Crippen molar-refractivity contribution < 1.29 is 9.18 Å². The topological polar surface area (TPSA) is 41.4 Å². The van der Waals surface area contributed by atoms with E-state index >= 15 is 0 Å². The minimum Gasteiger partial charge on any atom is -0.339 e. The Morgan fingerprint density at radius 2 is 1.76 bits per heavy atom. The second kappa shape index (κ2) is 9.01. The molecule has 3 aromatic rings. The number of amides is 1. The molecule has 0 saturated carbocycles. The molecule has 150 valence electrons. The molecule has 1 aliphatic rings. The molecule has 0 aliphatic carbocycles. The van der Waals surface area contributed by atoms with E-state index in [9.17, 15) is 9.18 Å². The van der Waals surface area contributed by atoms with Crippen LogP contribution in [0.15, 0.2) is 73.1 Å². The van der Waals surface area contributed by atoms with Crippen LogP contribution in [-0.2, 0) is 11.3 Å². The molecule has 2 aromatic carbocycles. The van der Waals surface area contributed by atoms with Gasteiger partial charge in [-0.15, -0.1) is 0 Å². The zero-order valence-electron chi connectivity index (χ0n) is 16.3. The first-order valence-electron chi connectivity index (χ1n) is 10.0. The van der Waals surface area contributed by atoms with Crippen LogP contribution in [0.1, 0.15) is 23.6 Å². The number of benzene rings is 2. The molecule has 1 aliphatic heterocycles. The highest BCUT2D eigenvalue weighted by molar-refractivity contribution is 5.83. The van der Waals surface area contributed by atoms with Crippen LogP contribution in [-0.4, -0.2) is 51.7 Å². The Morgan fingerprint density at radius 1 is 0.966 bits per heavy atom. The molecule has 2 heterocycles. The van der Waals surface area contributed by atoms with E-state index in [-0.39, 0.29) is 11.7 Å². The summed E-state index contributed by atoms with van der Waals surface area (Å²) in [5.41, 5.74) is 1.62. The van der Waals surface area contributed by atoms with Gasteiger partial charge in [-0.3, -0.25) is 14.4 Å². The number of hydrogen-bond donors (Lipinski definition) is 0. The van der Waals surface area contributed by atoms with Crippen LogP contribution in [0.5, 0.6) is 0 Å². The quantitative estimate of drug-likeness (QED) is 0.669. The Kier molecular flexibility index (Phi) is 6.00. The Morgan fingerprint density at radius 3 is 2.52 bits per heavy atom. The lowest BCUT2D eigenvalue weighted by molar-refractivity contribution is -0.133. The van der Waals surface area contributed by atoms with Crippen molar-refractivity contribution in [3.05, 3.63) is 90.0 Å². The average Bonchev–Trinajstić information content (AvgIpc) is 3.16. The van der Waals surface area contributed by atoms with E-state index in [2.05, 4.69) is 10.00 Å². The highest BCUT2D eigenvalue weighted by Crippen LogP contribution is 2.21. The van der Waals surface area contributed by atoms with Crippen molar-refractivity contribution in [1.82, 2.24) is 19.6 Å². The van der Waals surface area contributed by atoms with Gasteiger partial charge in [0.15, 0.2) is 6.04 Å². The van der Waals surface area contributed by atoms with Crippen molar-refractivity contribution in [3.63, 3.8) is 0 Å². The van der Waals surface area contributed by atoms with Crippen molar-refractivity contribution in [1.29, 1.82) is 0 Å². The van der Waals surface area contributed by atoms with Crippen molar-refractivity contribution in [2.24, 2.45) is 0 Å². The molecule has 1 aromatic heterocycles. The monoisotopic (exact) mass is 392 g/mol. The predicted molar refractivity (Wildman–Crippen MR) is 110 cm³/mol. The zero-order valence-corrected chi connectivity index (χ0v) is 16.3. The van der Waals surface area contributed by atoms with Crippen LogP contribution in [0.2, 0.25) is 0 Å². The van der Waals surface area contributed by atoms with Gasteiger partial charge in [0.25, 0.3) is 5.91 Å². The van der Waals surface area contributed by atoms with Gasteiger partial charge < -0.3 is 4.90 Å². The molecule has 1 amide bonds. The molecule has 1 unspecified atom stereocenters. The number of halogens is 1. The van der Waals surface area contributed by atoms with Crippen LogP contribution in [0, 0.1) is 5.82 Å². The largest absolute Gasteiger partial charge is 0.339 e.